The lowest BCUT2D eigenvalue weighted by molar-refractivity contribution is 0.0696. The van der Waals surface area contributed by atoms with Crippen molar-refractivity contribution in [2.75, 3.05) is 6.54 Å². The van der Waals surface area contributed by atoms with Crippen molar-refractivity contribution in [1.82, 2.24) is 10.3 Å². The topological polar surface area (TPSA) is 79.3 Å². The predicted molar refractivity (Wildman–Crippen MR) is 56.2 cm³/mol. The lowest BCUT2D eigenvalue weighted by atomic mass is 10.4. The second-order valence-electron chi connectivity index (χ2n) is 2.68. The average molecular weight is 226 g/mol. The monoisotopic (exact) mass is 226 g/mol. The maximum atomic E-state index is 11.4. The number of hydrogen-bond acceptors (Lipinski definition) is 4. The van der Waals surface area contributed by atoms with Crippen molar-refractivity contribution in [2.45, 2.75) is 6.42 Å². The van der Waals surface area contributed by atoms with Crippen molar-refractivity contribution < 1.29 is 14.7 Å². The fourth-order valence-corrected chi connectivity index (χ4v) is 1.49. The normalized spacial score (nSPS) is 9.60. The molecule has 2 N–H and O–H groups in total. The molecule has 1 amide bonds. The lowest BCUT2D eigenvalue weighted by Crippen LogP contribution is -2.24. The van der Waals surface area contributed by atoms with Crippen LogP contribution in [-0.2, 0) is 0 Å². The van der Waals surface area contributed by atoms with Crippen LogP contribution in [0.3, 0.4) is 0 Å². The summed E-state index contributed by atoms with van der Waals surface area (Å²) < 4.78 is 0. The Morgan fingerprint density at radius 2 is 2.40 bits per heavy atom. The third kappa shape index (κ3) is 3.17. The number of aromatic carboxylic acids is 1. The number of rotatable bonds is 5. The molecule has 1 aromatic heterocycles. The van der Waals surface area contributed by atoms with Crippen LogP contribution in [0.1, 0.15) is 26.7 Å². The van der Waals surface area contributed by atoms with Gasteiger partial charge in [-0.1, -0.05) is 6.08 Å². The second-order valence-corrected chi connectivity index (χ2v) is 3.53. The Morgan fingerprint density at radius 1 is 1.67 bits per heavy atom. The van der Waals surface area contributed by atoms with Crippen LogP contribution in [0.2, 0.25) is 0 Å². The van der Waals surface area contributed by atoms with Crippen LogP contribution >= 0.6 is 11.3 Å². The first-order valence-corrected chi connectivity index (χ1v) is 5.11. The number of amides is 1. The molecular weight excluding hydrogens is 216 g/mol. The molecule has 0 aliphatic heterocycles. The Balaban J connectivity index is 2.58. The van der Waals surface area contributed by atoms with E-state index in [1.54, 1.807) is 6.08 Å². The summed E-state index contributed by atoms with van der Waals surface area (Å²) in [5.41, 5.74) is 0.140. The maximum absolute atomic E-state index is 11.4. The summed E-state index contributed by atoms with van der Waals surface area (Å²) in [4.78, 5) is 25.5. The third-order valence-electron chi connectivity index (χ3n) is 1.55. The summed E-state index contributed by atoms with van der Waals surface area (Å²) in [7, 11) is 0. The Labute approximate surface area is 90.5 Å². The van der Waals surface area contributed by atoms with Crippen molar-refractivity contribution in [2.24, 2.45) is 0 Å². The molecule has 0 unspecified atom stereocenters. The van der Waals surface area contributed by atoms with Crippen LogP contribution in [0, 0.1) is 0 Å². The smallest absolute Gasteiger partial charge is 0.365 e. The Morgan fingerprint density at radius 3 is 2.93 bits per heavy atom. The highest BCUT2D eigenvalue weighted by molar-refractivity contribution is 7.11. The van der Waals surface area contributed by atoms with Crippen LogP contribution in [0.4, 0.5) is 0 Å². The molecule has 80 valence electrons. The first kappa shape index (κ1) is 11.4. The van der Waals surface area contributed by atoms with Crippen LogP contribution in [0.15, 0.2) is 18.0 Å². The summed E-state index contributed by atoms with van der Waals surface area (Å²) in [5.74, 6) is -1.48. The van der Waals surface area contributed by atoms with E-state index in [9.17, 15) is 9.59 Å². The highest BCUT2D eigenvalue weighted by atomic mass is 32.1. The van der Waals surface area contributed by atoms with E-state index in [2.05, 4.69) is 16.9 Å². The van der Waals surface area contributed by atoms with Gasteiger partial charge in [0.2, 0.25) is 5.01 Å². The molecule has 0 aliphatic carbocycles. The molecule has 5 nitrogen and oxygen atoms in total. The van der Waals surface area contributed by atoms with Crippen LogP contribution in [-0.4, -0.2) is 28.5 Å². The molecule has 0 saturated carbocycles. The number of thiazole rings is 1. The minimum absolute atomic E-state index is 0.0797. The minimum Gasteiger partial charge on any atom is -0.476 e. The Hall–Kier alpha value is -1.69. The molecule has 0 saturated heterocycles. The number of nitrogens with one attached hydrogen (secondary N) is 1. The van der Waals surface area contributed by atoms with Crippen LogP contribution < -0.4 is 5.32 Å². The Bertz CT molecular complexity index is 386. The quantitative estimate of drug-likeness (QED) is 0.583. The SMILES string of the molecule is C=CCCNC(=O)c1csc(C(=O)O)n1. The molecule has 0 aromatic carbocycles. The molecule has 1 aromatic rings. The number of carbonyl (C=O) groups is 2. The van der Waals surface area contributed by atoms with Crippen molar-refractivity contribution in [1.29, 1.82) is 0 Å². The van der Waals surface area contributed by atoms with Crippen molar-refractivity contribution >= 4 is 23.2 Å². The second kappa shape index (κ2) is 5.26. The number of hydrogen-bond donors (Lipinski definition) is 2. The van der Waals surface area contributed by atoms with Crippen molar-refractivity contribution in [3.63, 3.8) is 0 Å². The third-order valence-corrected chi connectivity index (χ3v) is 2.38. The first-order chi connectivity index (χ1) is 7.15. The highest BCUT2D eigenvalue weighted by Gasteiger charge is 2.13. The largest absolute Gasteiger partial charge is 0.476 e. The standard InChI is InChI=1S/C9H10N2O3S/c1-2-3-4-10-7(12)6-5-15-8(11-6)9(13)14/h2,5H,1,3-4H2,(H,10,12)(H,13,14). The average Bonchev–Trinajstić information content (AvgIpc) is 2.66. The van der Waals surface area contributed by atoms with Gasteiger partial charge < -0.3 is 10.4 Å². The van der Waals surface area contributed by atoms with Gasteiger partial charge in [0.05, 0.1) is 0 Å². The molecule has 0 atom stereocenters. The van der Waals surface area contributed by atoms with E-state index in [-0.39, 0.29) is 16.6 Å². The number of nitrogens with zero attached hydrogens (tertiary/aromatic N) is 1. The molecule has 0 radical (unpaired) electrons. The fourth-order valence-electron chi connectivity index (χ4n) is 0.855. The van der Waals surface area contributed by atoms with Gasteiger partial charge in [0.1, 0.15) is 5.69 Å². The summed E-state index contributed by atoms with van der Waals surface area (Å²) in [6.45, 7) is 3.99. The molecule has 1 rings (SSSR count). The lowest BCUT2D eigenvalue weighted by Gasteiger charge is -1.98. The van der Waals surface area contributed by atoms with Gasteiger partial charge in [0.15, 0.2) is 0 Å². The van der Waals surface area contributed by atoms with E-state index in [0.29, 0.717) is 13.0 Å². The minimum atomic E-state index is -1.12. The van der Waals surface area contributed by atoms with Gasteiger partial charge >= 0.3 is 5.97 Å². The maximum Gasteiger partial charge on any atom is 0.365 e. The van der Waals surface area contributed by atoms with Crippen molar-refractivity contribution in [3.8, 4) is 0 Å². The molecule has 0 bridgehead atoms. The van der Waals surface area contributed by atoms with E-state index in [4.69, 9.17) is 5.11 Å². The van der Waals surface area contributed by atoms with E-state index in [1.165, 1.54) is 5.38 Å². The molecule has 0 fully saturated rings. The van der Waals surface area contributed by atoms with Gasteiger partial charge in [-0.25, -0.2) is 9.78 Å². The van der Waals surface area contributed by atoms with E-state index in [0.717, 1.165) is 11.3 Å². The van der Waals surface area contributed by atoms with Gasteiger partial charge in [0.25, 0.3) is 5.91 Å². The van der Waals surface area contributed by atoms with Gasteiger partial charge in [-0.3, -0.25) is 4.79 Å². The van der Waals surface area contributed by atoms with Gasteiger partial charge in [-0.2, -0.15) is 0 Å². The van der Waals surface area contributed by atoms with Gasteiger partial charge in [-0.15, -0.1) is 17.9 Å². The van der Waals surface area contributed by atoms with Crippen LogP contribution in [0.25, 0.3) is 0 Å². The molecule has 15 heavy (non-hydrogen) atoms. The van der Waals surface area contributed by atoms with Gasteiger partial charge in [0, 0.05) is 11.9 Å². The molecule has 1 heterocycles. The first-order valence-electron chi connectivity index (χ1n) is 4.23. The summed E-state index contributed by atoms with van der Waals surface area (Å²) in [6, 6.07) is 0. The molecular formula is C9H10N2O3S. The number of carbonyl (C=O) groups excluding carboxylic acids is 1. The van der Waals surface area contributed by atoms with Gasteiger partial charge in [-0.05, 0) is 6.42 Å². The van der Waals surface area contributed by atoms with E-state index < -0.39 is 5.97 Å². The predicted octanol–water partition coefficient (Wildman–Crippen LogP) is 1.15. The Kier molecular flexibility index (Phi) is 3.99. The molecule has 0 aliphatic rings. The zero-order valence-corrected chi connectivity index (χ0v) is 8.71. The number of carboxylic acids is 1. The summed E-state index contributed by atoms with van der Waals surface area (Å²) in [5, 5.41) is 12.5. The summed E-state index contributed by atoms with van der Waals surface area (Å²) in [6.07, 6.45) is 2.35. The zero-order chi connectivity index (χ0) is 11.3. The van der Waals surface area contributed by atoms with E-state index in [1.807, 2.05) is 0 Å². The van der Waals surface area contributed by atoms with E-state index >= 15 is 0 Å². The fraction of sp³-hybridized carbons (Fsp3) is 0.222. The number of aromatic nitrogens is 1. The summed E-state index contributed by atoms with van der Waals surface area (Å²) >= 11 is 0.934. The molecule has 0 spiro atoms. The van der Waals surface area contributed by atoms with Crippen molar-refractivity contribution in [3.05, 3.63) is 28.7 Å². The number of carboxylic acid groups (broad SMARTS) is 1. The zero-order valence-electron chi connectivity index (χ0n) is 7.90. The molecule has 6 heteroatoms. The highest BCUT2D eigenvalue weighted by Crippen LogP contribution is 2.09. The van der Waals surface area contributed by atoms with Crippen LogP contribution in [0.5, 0.6) is 0 Å².